The lowest BCUT2D eigenvalue weighted by molar-refractivity contribution is -0.384. The molecule has 28 heavy (non-hydrogen) atoms. The van der Waals surface area contributed by atoms with Crippen LogP contribution in [0.5, 0.6) is 11.5 Å². The van der Waals surface area contributed by atoms with Crippen molar-refractivity contribution in [1.29, 1.82) is 0 Å². The van der Waals surface area contributed by atoms with Gasteiger partial charge in [-0.3, -0.25) is 14.9 Å². The van der Waals surface area contributed by atoms with Gasteiger partial charge in [-0.05, 0) is 64.1 Å². The first-order chi connectivity index (χ1) is 13.4. The van der Waals surface area contributed by atoms with Crippen LogP contribution in [0.4, 0.5) is 5.69 Å². The van der Waals surface area contributed by atoms with Gasteiger partial charge in [0.2, 0.25) is 0 Å². The molecule has 0 saturated carbocycles. The van der Waals surface area contributed by atoms with Crippen molar-refractivity contribution in [2.75, 3.05) is 7.11 Å². The van der Waals surface area contributed by atoms with Crippen LogP contribution in [0, 0.1) is 13.7 Å². The SMILES string of the molecule is COc1cc(/C=C2\SC(=S)NC2=O)cc(I)c1OCc1ccc([N+](=O)[O-])cc1. The molecule has 10 heteroatoms. The molecule has 0 atom stereocenters. The van der Waals surface area contributed by atoms with Crippen molar-refractivity contribution in [3.05, 3.63) is 66.1 Å². The summed E-state index contributed by atoms with van der Waals surface area (Å²) in [5, 5.41) is 13.3. The molecule has 1 N–H and O–H groups in total. The predicted molar refractivity (Wildman–Crippen MR) is 119 cm³/mol. The molecule has 2 aromatic rings. The lowest BCUT2D eigenvalue weighted by Gasteiger charge is -2.14. The number of carbonyl (C=O) groups is 1. The Hall–Kier alpha value is -2.18. The van der Waals surface area contributed by atoms with Gasteiger partial charge in [0.05, 0.1) is 20.5 Å². The average Bonchev–Trinajstić information content (AvgIpc) is 2.97. The minimum absolute atomic E-state index is 0.0293. The molecule has 1 aliphatic rings. The van der Waals surface area contributed by atoms with E-state index in [2.05, 4.69) is 27.9 Å². The van der Waals surface area contributed by atoms with Gasteiger partial charge in [-0.15, -0.1) is 0 Å². The number of nitrogens with zero attached hydrogens (tertiary/aromatic N) is 1. The van der Waals surface area contributed by atoms with Crippen LogP contribution in [0.25, 0.3) is 6.08 Å². The molecule has 1 saturated heterocycles. The molecule has 0 aromatic heterocycles. The molecule has 0 aliphatic carbocycles. The molecule has 1 fully saturated rings. The van der Waals surface area contributed by atoms with Gasteiger partial charge in [0, 0.05) is 12.1 Å². The number of methoxy groups -OCH3 is 1. The second kappa shape index (κ2) is 8.88. The number of thiocarbonyl (C=S) groups is 1. The van der Waals surface area contributed by atoms with Crippen LogP contribution in [0.3, 0.4) is 0 Å². The van der Waals surface area contributed by atoms with Gasteiger partial charge in [0.15, 0.2) is 11.5 Å². The first-order valence-corrected chi connectivity index (χ1v) is 10.2. The molecule has 7 nitrogen and oxygen atoms in total. The van der Waals surface area contributed by atoms with Crippen LogP contribution in [0.15, 0.2) is 41.3 Å². The van der Waals surface area contributed by atoms with E-state index < -0.39 is 4.92 Å². The van der Waals surface area contributed by atoms with Gasteiger partial charge in [0.25, 0.3) is 11.6 Å². The number of hydrogen-bond acceptors (Lipinski definition) is 7. The third kappa shape index (κ3) is 4.80. The molecular formula is C18H13IN2O5S2. The van der Waals surface area contributed by atoms with Crippen molar-refractivity contribution in [2.45, 2.75) is 6.61 Å². The highest BCUT2D eigenvalue weighted by atomic mass is 127. The van der Waals surface area contributed by atoms with Crippen LogP contribution in [-0.2, 0) is 11.4 Å². The van der Waals surface area contributed by atoms with Crippen molar-refractivity contribution in [3.63, 3.8) is 0 Å². The summed E-state index contributed by atoms with van der Waals surface area (Å²) < 4.78 is 12.6. The number of amides is 1. The van der Waals surface area contributed by atoms with E-state index in [4.69, 9.17) is 21.7 Å². The molecule has 0 radical (unpaired) electrons. The van der Waals surface area contributed by atoms with Gasteiger partial charge in [-0.25, -0.2) is 0 Å². The molecule has 1 heterocycles. The highest BCUT2D eigenvalue weighted by molar-refractivity contribution is 14.1. The van der Waals surface area contributed by atoms with Crippen molar-refractivity contribution >= 4 is 68.6 Å². The number of hydrogen-bond donors (Lipinski definition) is 1. The number of benzene rings is 2. The Morgan fingerprint density at radius 1 is 1.32 bits per heavy atom. The summed E-state index contributed by atoms with van der Waals surface area (Å²) >= 11 is 8.34. The molecule has 0 spiro atoms. The molecule has 1 aliphatic heterocycles. The van der Waals surface area contributed by atoms with Gasteiger partial charge in [-0.1, -0.05) is 24.0 Å². The van der Waals surface area contributed by atoms with Crippen LogP contribution in [0.2, 0.25) is 0 Å². The summed E-state index contributed by atoms with van der Waals surface area (Å²) in [5.41, 5.74) is 1.61. The fourth-order valence-corrected chi connectivity index (χ4v) is 4.23. The maximum atomic E-state index is 11.8. The predicted octanol–water partition coefficient (Wildman–Crippen LogP) is 4.28. The average molecular weight is 528 g/mol. The van der Waals surface area contributed by atoms with Crippen molar-refractivity contribution in [3.8, 4) is 11.5 Å². The quantitative estimate of drug-likeness (QED) is 0.197. The Balaban J connectivity index is 1.80. The fraction of sp³-hybridized carbons (Fsp3) is 0.111. The van der Waals surface area contributed by atoms with E-state index in [-0.39, 0.29) is 18.2 Å². The standard InChI is InChI=1S/C18H13IN2O5S2/c1-25-14-7-11(8-15-17(22)20-18(27)28-15)6-13(19)16(14)26-9-10-2-4-12(5-3-10)21(23)24/h2-8H,9H2,1H3,(H,20,22,27)/b15-8-. The third-order valence-corrected chi connectivity index (χ3v) is 5.69. The Morgan fingerprint density at radius 3 is 2.61 bits per heavy atom. The normalized spacial score (nSPS) is 14.9. The lowest BCUT2D eigenvalue weighted by Crippen LogP contribution is -2.17. The lowest BCUT2D eigenvalue weighted by atomic mass is 10.1. The fourth-order valence-electron chi connectivity index (χ4n) is 2.40. The third-order valence-electron chi connectivity index (χ3n) is 3.72. The maximum absolute atomic E-state index is 11.8. The van der Waals surface area contributed by atoms with E-state index in [0.717, 1.165) is 14.7 Å². The maximum Gasteiger partial charge on any atom is 0.269 e. The topological polar surface area (TPSA) is 90.7 Å². The van der Waals surface area contributed by atoms with E-state index >= 15 is 0 Å². The zero-order valence-electron chi connectivity index (χ0n) is 14.4. The minimum atomic E-state index is -0.445. The van der Waals surface area contributed by atoms with Gasteiger partial charge >= 0.3 is 0 Å². The summed E-state index contributed by atoms with van der Waals surface area (Å²) in [6.45, 7) is 0.233. The Bertz CT molecular complexity index is 992. The summed E-state index contributed by atoms with van der Waals surface area (Å²) in [6, 6.07) is 9.81. The molecule has 1 amide bonds. The summed E-state index contributed by atoms with van der Waals surface area (Å²) in [7, 11) is 1.53. The molecule has 3 rings (SSSR count). The molecule has 0 unspecified atom stereocenters. The number of carbonyl (C=O) groups excluding carboxylic acids is 1. The number of ether oxygens (including phenoxy) is 2. The van der Waals surface area contributed by atoms with Crippen molar-refractivity contribution in [1.82, 2.24) is 5.32 Å². The van der Waals surface area contributed by atoms with Gasteiger partial charge in [0.1, 0.15) is 10.9 Å². The van der Waals surface area contributed by atoms with E-state index in [1.165, 1.54) is 31.0 Å². The van der Waals surface area contributed by atoms with Crippen LogP contribution in [-0.4, -0.2) is 22.3 Å². The Kier molecular flexibility index (Phi) is 6.52. The molecule has 144 valence electrons. The Labute approximate surface area is 183 Å². The van der Waals surface area contributed by atoms with Crippen LogP contribution < -0.4 is 14.8 Å². The number of nitro benzene ring substituents is 1. The van der Waals surface area contributed by atoms with E-state index in [9.17, 15) is 14.9 Å². The largest absolute Gasteiger partial charge is 0.493 e. The van der Waals surface area contributed by atoms with E-state index in [1.807, 2.05) is 6.07 Å². The summed E-state index contributed by atoms with van der Waals surface area (Å²) in [5.74, 6) is 0.858. The van der Waals surface area contributed by atoms with Gasteiger partial charge in [-0.2, -0.15) is 0 Å². The number of nitrogens with one attached hydrogen (secondary N) is 1. The number of rotatable bonds is 6. The highest BCUT2D eigenvalue weighted by Gasteiger charge is 2.22. The summed E-state index contributed by atoms with van der Waals surface area (Å²) in [4.78, 5) is 22.6. The number of non-ortho nitro benzene ring substituents is 1. The van der Waals surface area contributed by atoms with Crippen molar-refractivity contribution in [2.24, 2.45) is 0 Å². The zero-order valence-corrected chi connectivity index (χ0v) is 18.2. The molecule has 0 bridgehead atoms. The second-order valence-corrected chi connectivity index (χ2v) is 8.48. The number of nitro groups is 1. The number of thioether (sulfide) groups is 1. The zero-order chi connectivity index (χ0) is 20.3. The van der Waals surface area contributed by atoms with Crippen molar-refractivity contribution < 1.29 is 19.2 Å². The van der Waals surface area contributed by atoms with E-state index in [0.29, 0.717) is 20.7 Å². The highest BCUT2D eigenvalue weighted by Crippen LogP contribution is 2.36. The minimum Gasteiger partial charge on any atom is -0.493 e. The summed E-state index contributed by atoms with van der Waals surface area (Å²) in [6.07, 6.45) is 1.74. The number of halogens is 1. The molecular weight excluding hydrogens is 515 g/mol. The van der Waals surface area contributed by atoms with Crippen LogP contribution >= 0.6 is 46.6 Å². The first-order valence-electron chi connectivity index (χ1n) is 7.86. The van der Waals surface area contributed by atoms with Gasteiger partial charge < -0.3 is 14.8 Å². The smallest absolute Gasteiger partial charge is 0.269 e. The second-order valence-electron chi connectivity index (χ2n) is 5.60. The van der Waals surface area contributed by atoms with E-state index in [1.54, 1.807) is 24.3 Å². The monoisotopic (exact) mass is 528 g/mol. The first kappa shape index (κ1) is 20.6. The molecule has 2 aromatic carbocycles. The Morgan fingerprint density at radius 2 is 2.04 bits per heavy atom. The van der Waals surface area contributed by atoms with Crippen LogP contribution in [0.1, 0.15) is 11.1 Å².